The summed E-state index contributed by atoms with van der Waals surface area (Å²) in [7, 11) is 3.80. The van der Waals surface area contributed by atoms with Crippen LogP contribution in [-0.4, -0.2) is 33.7 Å². The lowest BCUT2D eigenvalue weighted by atomic mass is 10.2. The van der Waals surface area contributed by atoms with Crippen molar-refractivity contribution in [3.05, 3.63) is 45.1 Å². The normalized spacial score (nSPS) is 12.5. The van der Waals surface area contributed by atoms with Crippen molar-refractivity contribution in [1.82, 2.24) is 14.7 Å². The Hall–Kier alpha value is -1.18. The molecule has 0 spiro atoms. The van der Waals surface area contributed by atoms with Gasteiger partial charge in [-0.3, -0.25) is 14.4 Å². The van der Waals surface area contributed by atoms with E-state index in [1.165, 1.54) is 0 Å². The molecule has 5 nitrogen and oxygen atoms in total. The van der Waals surface area contributed by atoms with Crippen molar-refractivity contribution in [2.24, 2.45) is 7.05 Å². The number of carbonyl (C=O) groups is 1. The summed E-state index contributed by atoms with van der Waals surface area (Å²) in [6.45, 7) is 2.56. The zero-order valence-corrected chi connectivity index (χ0v) is 15.8. The van der Waals surface area contributed by atoms with E-state index in [0.29, 0.717) is 6.54 Å². The average molecular weight is 430 g/mol. The van der Waals surface area contributed by atoms with Crippen LogP contribution in [0.5, 0.6) is 0 Å². The zero-order chi connectivity index (χ0) is 16.3. The Balaban J connectivity index is 1.98. The predicted octanol–water partition coefficient (Wildman–Crippen LogP) is 3.40. The first kappa shape index (κ1) is 17.2. The Morgan fingerprint density at radius 3 is 2.77 bits per heavy atom. The number of anilines is 1. The van der Waals surface area contributed by atoms with Crippen LogP contribution in [0, 0.1) is 0 Å². The minimum atomic E-state index is -0.254. The second kappa shape index (κ2) is 7.39. The van der Waals surface area contributed by atoms with Gasteiger partial charge in [0, 0.05) is 34.3 Å². The van der Waals surface area contributed by atoms with Crippen LogP contribution in [0.15, 0.2) is 39.5 Å². The van der Waals surface area contributed by atoms with Crippen LogP contribution in [0.25, 0.3) is 0 Å². The quantitative estimate of drug-likeness (QED) is 0.792. The van der Waals surface area contributed by atoms with Gasteiger partial charge in [-0.15, -0.1) is 0 Å². The van der Waals surface area contributed by atoms with Crippen LogP contribution in [-0.2, 0) is 18.4 Å². The van der Waals surface area contributed by atoms with Gasteiger partial charge in [0.25, 0.3) is 0 Å². The maximum absolute atomic E-state index is 12.4. The van der Waals surface area contributed by atoms with Crippen LogP contribution in [0.3, 0.4) is 0 Å². The second-order valence-electron chi connectivity index (χ2n) is 5.23. The molecule has 118 valence electrons. The van der Waals surface area contributed by atoms with Gasteiger partial charge in [0.1, 0.15) is 0 Å². The molecule has 1 unspecified atom stereocenters. The van der Waals surface area contributed by atoms with E-state index in [9.17, 15) is 4.79 Å². The molecular weight excluding hydrogens is 412 g/mol. The van der Waals surface area contributed by atoms with E-state index >= 15 is 0 Å². The first-order chi connectivity index (χ1) is 10.4. The molecule has 0 radical (unpaired) electrons. The van der Waals surface area contributed by atoms with Crippen molar-refractivity contribution < 1.29 is 4.79 Å². The number of nitrogens with zero attached hydrogens (tertiary/aromatic N) is 3. The third-order valence-corrected chi connectivity index (χ3v) is 4.57. The second-order valence-corrected chi connectivity index (χ2v) is 7.00. The Morgan fingerprint density at radius 2 is 2.18 bits per heavy atom. The van der Waals surface area contributed by atoms with Gasteiger partial charge in [-0.1, -0.05) is 15.9 Å². The fourth-order valence-electron chi connectivity index (χ4n) is 2.01. The molecule has 1 heterocycles. The molecule has 2 aromatic rings. The van der Waals surface area contributed by atoms with Crippen LogP contribution in [0.2, 0.25) is 0 Å². The number of hydrogen-bond acceptors (Lipinski definition) is 3. The number of hydrogen-bond donors (Lipinski definition) is 1. The van der Waals surface area contributed by atoms with E-state index < -0.39 is 0 Å². The standard InChI is InChI=1S/C15H18Br2N4O/c1-10(20(2)8-11-7-18-21(3)9-11)15(22)19-14-5-4-12(16)6-13(14)17/h4-7,9-10H,8H2,1-3H3,(H,19,22). The lowest BCUT2D eigenvalue weighted by Gasteiger charge is -2.23. The van der Waals surface area contributed by atoms with Crippen molar-refractivity contribution in [3.63, 3.8) is 0 Å². The van der Waals surface area contributed by atoms with Crippen LogP contribution in [0.1, 0.15) is 12.5 Å². The smallest absolute Gasteiger partial charge is 0.241 e. The Bertz CT molecular complexity index is 671. The molecule has 1 N–H and O–H groups in total. The first-order valence-electron chi connectivity index (χ1n) is 6.80. The molecule has 0 bridgehead atoms. The summed E-state index contributed by atoms with van der Waals surface area (Å²) in [6.07, 6.45) is 3.76. The Kier molecular flexibility index (Phi) is 5.77. The number of rotatable bonds is 5. The van der Waals surface area contributed by atoms with E-state index in [0.717, 1.165) is 20.2 Å². The minimum absolute atomic E-state index is 0.0468. The molecule has 1 amide bonds. The summed E-state index contributed by atoms with van der Waals surface area (Å²) in [5.41, 5.74) is 1.84. The fourth-order valence-corrected chi connectivity index (χ4v) is 3.15. The molecule has 0 saturated carbocycles. The third-order valence-electron chi connectivity index (χ3n) is 3.42. The highest BCUT2D eigenvalue weighted by Gasteiger charge is 2.19. The van der Waals surface area contributed by atoms with Crippen LogP contribution in [0.4, 0.5) is 5.69 Å². The molecule has 0 fully saturated rings. The van der Waals surface area contributed by atoms with Gasteiger partial charge >= 0.3 is 0 Å². The van der Waals surface area contributed by atoms with E-state index in [1.54, 1.807) is 4.68 Å². The van der Waals surface area contributed by atoms with Gasteiger partial charge in [-0.25, -0.2) is 0 Å². The fraction of sp³-hybridized carbons (Fsp3) is 0.333. The Morgan fingerprint density at radius 1 is 1.45 bits per heavy atom. The molecule has 0 aliphatic carbocycles. The van der Waals surface area contributed by atoms with Crippen LogP contribution < -0.4 is 5.32 Å². The maximum Gasteiger partial charge on any atom is 0.241 e. The average Bonchev–Trinajstić information content (AvgIpc) is 2.86. The summed E-state index contributed by atoms with van der Waals surface area (Å²) in [6, 6.07) is 5.40. The third kappa shape index (κ3) is 4.41. The highest BCUT2D eigenvalue weighted by atomic mass is 79.9. The number of carbonyl (C=O) groups excluding carboxylic acids is 1. The molecule has 1 atom stereocenters. The first-order valence-corrected chi connectivity index (χ1v) is 8.39. The predicted molar refractivity (Wildman–Crippen MR) is 94.6 cm³/mol. The summed E-state index contributed by atoms with van der Waals surface area (Å²) < 4.78 is 3.56. The monoisotopic (exact) mass is 428 g/mol. The molecule has 1 aromatic heterocycles. The van der Waals surface area contributed by atoms with Crippen molar-refractivity contribution in [2.75, 3.05) is 12.4 Å². The number of nitrogens with one attached hydrogen (secondary N) is 1. The molecule has 0 aliphatic rings. The highest BCUT2D eigenvalue weighted by molar-refractivity contribution is 9.11. The zero-order valence-electron chi connectivity index (χ0n) is 12.7. The topological polar surface area (TPSA) is 50.2 Å². The lowest BCUT2D eigenvalue weighted by Crippen LogP contribution is -2.39. The van der Waals surface area contributed by atoms with Gasteiger partial charge in [0.2, 0.25) is 5.91 Å². The van der Waals surface area contributed by atoms with Crippen molar-refractivity contribution in [1.29, 1.82) is 0 Å². The molecule has 0 aliphatic heterocycles. The maximum atomic E-state index is 12.4. The molecule has 2 rings (SSSR count). The van der Waals surface area contributed by atoms with Crippen molar-refractivity contribution >= 4 is 43.5 Å². The molecule has 22 heavy (non-hydrogen) atoms. The van der Waals surface area contributed by atoms with Gasteiger partial charge < -0.3 is 5.32 Å². The SMILES string of the molecule is CC(C(=O)Nc1ccc(Br)cc1Br)N(C)Cc1cnn(C)c1. The molecular formula is C15H18Br2N4O. The molecule has 1 aromatic carbocycles. The van der Waals surface area contributed by atoms with Gasteiger partial charge in [-0.2, -0.15) is 5.10 Å². The van der Waals surface area contributed by atoms with Gasteiger partial charge in [-0.05, 0) is 48.1 Å². The summed E-state index contributed by atoms with van der Waals surface area (Å²) >= 11 is 6.84. The number of likely N-dealkylation sites (N-methyl/N-ethyl adjacent to an activating group) is 1. The van der Waals surface area contributed by atoms with Gasteiger partial charge in [0.15, 0.2) is 0 Å². The number of aromatic nitrogens is 2. The highest BCUT2D eigenvalue weighted by Crippen LogP contribution is 2.26. The summed E-state index contributed by atoms with van der Waals surface area (Å²) in [4.78, 5) is 14.4. The number of halogens is 2. The minimum Gasteiger partial charge on any atom is -0.324 e. The van der Waals surface area contributed by atoms with Crippen molar-refractivity contribution in [3.8, 4) is 0 Å². The largest absolute Gasteiger partial charge is 0.324 e. The van der Waals surface area contributed by atoms with E-state index in [4.69, 9.17) is 0 Å². The van der Waals surface area contributed by atoms with E-state index in [2.05, 4.69) is 42.3 Å². The summed E-state index contributed by atoms with van der Waals surface area (Å²) in [5.74, 6) is -0.0468. The van der Waals surface area contributed by atoms with E-state index in [1.807, 2.05) is 56.5 Å². The molecule has 0 saturated heterocycles. The van der Waals surface area contributed by atoms with Gasteiger partial charge in [0.05, 0.1) is 17.9 Å². The molecule has 7 heteroatoms. The van der Waals surface area contributed by atoms with Crippen LogP contribution >= 0.6 is 31.9 Å². The number of benzene rings is 1. The van der Waals surface area contributed by atoms with Crippen molar-refractivity contribution in [2.45, 2.75) is 19.5 Å². The lowest BCUT2D eigenvalue weighted by molar-refractivity contribution is -0.120. The number of amides is 1. The Labute approximate surface area is 146 Å². The van der Waals surface area contributed by atoms with E-state index in [-0.39, 0.29) is 11.9 Å². The summed E-state index contributed by atoms with van der Waals surface area (Å²) in [5, 5.41) is 7.08. The number of aryl methyl sites for hydroxylation is 1.